The highest BCUT2D eigenvalue weighted by molar-refractivity contribution is 5.98. The molecule has 2 aromatic carbocycles. The minimum Gasteiger partial charge on any atom is -0.507 e. The predicted molar refractivity (Wildman–Crippen MR) is 94.0 cm³/mol. The van der Waals surface area contributed by atoms with Crippen molar-refractivity contribution >= 4 is 11.0 Å². The number of hydrogen-bond acceptors (Lipinski definition) is 6. The Kier molecular flexibility index (Phi) is 4.27. The Hall–Kier alpha value is -3.15. The smallest absolute Gasteiger partial charge is 0.336 e. The summed E-state index contributed by atoms with van der Waals surface area (Å²) in [7, 11) is 4.54. The lowest BCUT2D eigenvalue weighted by atomic mass is 9.99. The van der Waals surface area contributed by atoms with E-state index < -0.39 is 5.63 Å². The summed E-state index contributed by atoms with van der Waals surface area (Å²) >= 11 is 0. The van der Waals surface area contributed by atoms with E-state index in [2.05, 4.69) is 0 Å². The Labute approximate surface area is 144 Å². The minimum absolute atomic E-state index is 0.0301. The Bertz CT molecular complexity index is 978. The van der Waals surface area contributed by atoms with Crippen molar-refractivity contribution in [3.63, 3.8) is 0 Å². The first-order valence-electron chi connectivity index (χ1n) is 7.56. The minimum atomic E-state index is -0.513. The van der Waals surface area contributed by atoms with Gasteiger partial charge in [-0.2, -0.15) is 0 Å². The van der Waals surface area contributed by atoms with E-state index >= 15 is 0 Å². The van der Waals surface area contributed by atoms with Gasteiger partial charge in [0, 0.05) is 11.6 Å². The Morgan fingerprint density at radius 3 is 2.12 bits per heavy atom. The number of benzene rings is 2. The van der Waals surface area contributed by atoms with Crippen molar-refractivity contribution in [1.29, 1.82) is 0 Å². The molecule has 1 N–H and O–H groups in total. The number of hydrogen-bond donors (Lipinski definition) is 1. The van der Waals surface area contributed by atoms with Crippen LogP contribution < -0.4 is 19.8 Å². The predicted octanol–water partition coefficient (Wildman–Crippen LogP) is 3.50. The monoisotopic (exact) mass is 342 g/mol. The summed E-state index contributed by atoms with van der Waals surface area (Å²) in [6, 6.07) is 8.09. The van der Waals surface area contributed by atoms with Crippen LogP contribution in [0.5, 0.6) is 23.0 Å². The number of fused-ring (bicyclic) bond motifs is 1. The molecule has 0 amide bonds. The van der Waals surface area contributed by atoms with Crippen LogP contribution >= 0.6 is 0 Å². The highest BCUT2D eigenvalue weighted by atomic mass is 16.5. The molecule has 130 valence electrons. The molecule has 25 heavy (non-hydrogen) atoms. The lowest BCUT2D eigenvalue weighted by Gasteiger charge is -2.15. The first-order chi connectivity index (χ1) is 12.0. The molecule has 0 spiro atoms. The van der Waals surface area contributed by atoms with Crippen LogP contribution in [0.3, 0.4) is 0 Å². The van der Waals surface area contributed by atoms with Gasteiger partial charge in [0.2, 0.25) is 5.75 Å². The number of phenols is 1. The van der Waals surface area contributed by atoms with Crippen LogP contribution in [-0.4, -0.2) is 26.4 Å². The highest BCUT2D eigenvalue weighted by Gasteiger charge is 2.18. The van der Waals surface area contributed by atoms with Crippen LogP contribution in [0, 0.1) is 6.92 Å². The molecule has 3 aromatic rings. The standard InChI is InChI=1S/C19H18O6/c1-10-5-13(20)18-12(9-17(21)25-14(18)6-10)11-7-15(22-2)19(24-4)16(8-11)23-3/h5-9,20H,1-4H3. The van der Waals surface area contributed by atoms with Crippen molar-refractivity contribution < 1.29 is 23.7 Å². The third-order valence-electron chi connectivity index (χ3n) is 3.94. The van der Waals surface area contributed by atoms with Gasteiger partial charge in [-0.25, -0.2) is 4.79 Å². The Morgan fingerprint density at radius 1 is 0.920 bits per heavy atom. The van der Waals surface area contributed by atoms with Gasteiger partial charge in [0.25, 0.3) is 0 Å². The fraction of sp³-hybridized carbons (Fsp3) is 0.211. The third kappa shape index (κ3) is 2.87. The van der Waals surface area contributed by atoms with Crippen molar-refractivity contribution in [2.75, 3.05) is 21.3 Å². The normalized spacial score (nSPS) is 10.7. The second kappa shape index (κ2) is 6.39. The molecule has 0 unspecified atom stereocenters. The number of ether oxygens (including phenoxy) is 3. The maximum Gasteiger partial charge on any atom is 0.336 e. The summed E-state index contributed by atoms with van der Waals surface area (Å²) in [6.07, 6.45) is 0. The largest absolute Gasteiger partial charge is 0.507 e. The maximum atomic E-state index is 12.0. The molecule has 0 aliphatic rings. The van der Waals surface area contributed by atoms with Gasteiger partial charge >= 0.3 is 5.63 Å². The molecule has 0 fully saturated rings. The van der Waals surface area contributed by atoms with Crippen LogP contribution in [0.1, 0.15) is 5.56 Å². The van der Waals surface area contributed by atoms with Gasteiger partial charge in [0.15, 0.2) is 11.5 Å². The van der Waals surface area contributed by atoms with Gasteiger partial charge in [0.1, 0.15) is 11.3 Å². The zero-order valence-electron chi connectivity index (χ0n) is 14.4. The van der Waals surface area contributed by atoms with E-state index in [4.69, 9.17) is 18.6 Å². The average Bonchev–Trinajstić information content (AvgIpc) is 2.58. The van der Waals surface area contributed by atoms with Crippen molar-refractivity contribution in [3.05, 3.63) is 46.3 Å². The molecule has 0 saturated heterocycles. The van der Waals surface area contributed by atoms with Crippen molar-refractivity contribution in [1.82, 2.24) is 0 Å². The molecule has 1 heterocycles. The van der Waals surface area contributed by atoms with E-state index in [1.165, 1.54) is 27.4 Å². The molecular weight excluding hydrogens is 324 g/mol. The van der Waals surface area contributed by atoms with Crippen LogP contribution in [0.15, 0.2) is 39.5 Å². The SMILES string of the molecule is COc1cc(-c2cc(=O)oc3cc(C)cc(O)c23)cc(OC)c1OC. The van der Waals surface area contributed by atoms with Crippen molar-refractivity contribution in [2.24, 2.45) is 0 Å². The third-order valence-corrected chi connectivity index (χ3v) is 3.94. The van der Waals surface area contributed by atoms with Crippen molar-refractivity contribution in [2.45, 2.75) is 6.92 Å². The Morgan fingerprint density at radius 2 is 1.56 bits per heavy atom. The average molecular weight is 342 g/mol. The summed E-state index contributed by atoms with van der Waals surface area (Å²) in [5, 5.41) is 10.8. The lowest BCUT2D eigenvalue weighted by molar-refractivity contribution is 0.324. The molecule has 0 aliphatic heterocycles. The Balaban J connectivity index is 2.39. The summed E-state index contributed by atoms with van der Waals surface area (Å²) in [4.78, 5) is 12.0. The number of methoxy groups -OCH3 is 3. The second-order valence-electron chi connectivity index (χ2n) is 5.55. The second-order valence-corrected chi connectivity index (χ2v) is 5.55. The van der Waals surface area contributed by atoms with E-state index in [1.807, 2.05) is 6.92 Å². The molecule has 0 bridgehead atoms. The molecule has 0 saturated carbocycles. The zero-order valence-corrected chi connectivity index (χ0v) is 14.4. The molecule has 1 aromatic heterocycles. The van der Waals surface area contributed by atoms with Gasteiger partial charge in [-0.15, -0.1) is 0 Å². The molecule has 0 aliphatic carbocycles. The highest BCUT2D eigenvalue weighted by Crippen LogP contribution is 2.43. The van der Waals surface area contributed by atoms with Crippen LogP contribution in [0.2, 0.25) is 0 Å². The number of phenolic OH excluding ortho intramolecular Hbond substituents is 1. The van der Waals surface area contributed by atoms with Crippen molar-refractivity contribution in [3.8, 4) is 34.1 Å². The van der Waals surface area contributed by atoms with E-state index in [0.29, 0.717) is 39.3 Å². The topological polar surface area (TPSA) is 78.1 Å². The van der Waals surface area contributed by atoms with Crippen LogP contribution in [-0.2, 0) is 0 Å². The molecule has 0 atom stereocenters. The maximum absolute atomic E-state index is 12.0. The summed E-state index contributed by atoms with van der Waals surface area (Å²) in [6.45, 7) is 1.81. The van der Waals surface area contributed by atoms with E-state index in [0.717, 1.165) is 5.56 Å². The number of aryl methyl sites for hydroxylation is 1. The fourth-order valence-electron chi connectivity index (χ4n) is 2.88. The van der Waals surface area contributed by atoms with Crippen LogP contribution in [0.4, 0.5) is 0 Å². The summed E-state index contributed by atoms with van der Waals surface area (Å²) in [5.41, 5.74) is 1.74. The fourth-order valence-corrected chi connectivity index (χ4v) is 2.88. The van der Waals surface area contributed by atoms with E-state index in [1.54, 1.807) is 24.3 Å². The molecule has 3 rings (SSSR count). The number of aromatic hydroxyl groups is 1. The molecule has 0 radical (unpaired) electrons. The van der Waals surface area contributed by atoms with Gasteiger partial charge < -0.3 is 23.7 Å². The number of rotatable bonds is 4. The van der Waals surface area contributed by atoms with E-state index in [-0.39, 0.29) is 5.75 Å². The van der Waals surface area contributed by atoms with Gasteiger partial charge in [0.05, 0.1) is 26.7 Å². The lowest BCUT2D eigenvalue weighted by Crippen LogP contribution is -2.00. The van der Waals surface area contributed by atoms with Gasteiger partial charge in [-0.1, -0.05) is 0 Å². The quantitative estimate of drug-likeness (QED) is 0.731. The first kappa shape index (κ1) is 16.7. The zero-order chi connectivity index (χ0) is 18.1. The first-order valence-corrected chi connectivity index (χ1v) is 7.56. The van der Waals surface area contributed by atoms with Crippen LogP contribution in [0.25, 0.3) is 22.1 Å². The van der Waals surface area contributed by atoms with Gasteiger partial charge in [-0.05, 0) is 42.3 Å². The molecule has 6 nitrogen and oxygen atoms in total. The van der Waals surface area contributed by atoms with E-state index in [9.17, 15) is 9.90 Å². The van der Waals surface area contributed by atoms with Gasteiger partial charge in [-0.3, -0.25) is 0 Å². The summed E-state index contributed by atoms with van der Waals surface area (Å²) in [5.74, 6) is 1.37. The molecule has 6 heteroatoms. The molecular formula is C19H18O6. The summed E-state index contributed by atoms with van der Waals surface area (Å²) < 4.78 is 21.3.